The second-order valence-electron chi connectivity index (χ2n) is 13.7. The Morgan fingerprint density at radius 3 is 2.61 bits per heavy atom. The summed E-state index contributed by atoms with van der Waals surface area (Å²) in [5, 5.41) is 0.00235. The minimum absolute atomic E-state index is 0.148. The van der Waals surface area contributed by atoms with Crippen LogP contribution in [0, 0.1) is 23.7 Å². The Morgan fingerprint density at radius 2 is 1.83 bits per heavy atom. The molecule has 1 aliphatic carbocycles. The van der Waals surface area contributed by atoms with Gasteiger partial charge in [-0.25, -0.2) is 13.1 Å². The lowest BCUT2D eigenvalue weighted by atomic mass is 9.66. The Morgan fingerprint density at radius 1 is 1.00 bits per heavy atom. The molecule has 250 valence electrons. The summed E-state index contributed by atoms with van der Waals surface area (Å²) >= 11 is 6.36. The number of amides is 1. The topological polar surface area (TPSA) is 88.2 Å². The molecule has 0 aromatic heterocycles. The van der Waals surface area contributed by atoms with Gasteiger partial charge in [0, 0.05) is 43.3 Å². The number of fused-ring (bicyclic) bond motifs is 3. The van der Waals surface area contributed by atoms with Gasteiger partial charge in [0.2, 0.25) is 10.0 Å². The van der Waals surface area contributed by atoms with Crippen molar-refractivity contribution in [3.63, 3.8) is 0 Å². The first-order valence-corrected chi connectivity index (χ1v) is 18.9. The number of nitrogens with one attached hydrogen (secondary N) is 1. The highest BCUT2D eigenvalue weighted by Crippen LogP contribution is 2.43. The average Bonchev–Trinajstić information content (AvgIpc) is 3.05. The molecule has 4 aliphatic rings. The van der Waals surface area contributed by atoms with Crippen molar-refractivity contribution in [1.82, 2.24) is 9.62 Å². The summed E-state index contributed by atoms with van der Waals surface area (Å²) in [6.45, 7) is 10.1. The predicted octanol–water partition coefficient (Wildman–Crippen LogP) is 6.08. The average molecular weight is 670 g/mol. The lowest BCUT2D eigenvalue weighted by Gasteiger charge is -2.45. The molecule has 1 saturated carbocycles. The van der Waals surface area contributed by atoms with Crippen molar-refractivity contribution >= 4 is 33.2 Å². The minimum atomic E-state index is -3.89. The van der Waals surface area contributed by atoms with Crippen LogP contribution in [0.1, 0.15) is 67.4 Å². The van der Waals surface area contributed by atoms with Crippen LogP contribution < -0.4 is 14.4 Å². The van der Waals surface area contributed by atoms with E-state index in [1.165, 1.54) is 18.4 Å². The van der Waals surface area contributed by atoms with E-state index in [2.05, 4.69) is 26.7 Å². The van der Waals surface area contributed by atoms with Crippen LogP contribution in [-0.2, 0) is 27.8 Å². The molecule has 2 fully saturated rings. The van der Waals surface area contributed by atoms with Gasteiger partial charge in [-0.3, -0.25) is 9.69 Å². The first-order valence-electron chi connectivity index (χ1n) is 17.0. The van der Waals surface area contributed by atoms with Gasteiger partial charge in [0.15, 0.2) is 0 Å². The number of carbonyl (C=O) groups is 1. The highest BCUT2D eigenvalue weighted by atomic mass is 35.5. The molecule has 5 atom stereocenters. The van der Waals surface area contributed by atoms with Gasteiger partial charge in [-0.05, 0) is 111 Å². The molecule has 3 heterocycles. The van der Waals surface area contributed by atoms with E-state index in [1.807, 2.05) is 37.3 Å². The number of sulfonamides is 1. The van der Waals surface area contributed by atoms with Crippen LogP contribution in [0.4, 0.5) is 5.69 Å². The molecular formula is C36H48ClN3O5S. The second-order valence-corrected chi connectivity index (χ2v) is 16.2. The number of ether oxygens (including phenoxy) is 2. The van der Waals surface area contributed by atoms with Gasteiger partial charge >= 0.3 is 0 Å². The van der Waals surface area contributed by atoms with Crippen molar-refractivity contribution in [2.75, 3.05) is 50.8 Å². The van der Waals surface area contributed by atoms with Crippen LogP contribution >= 0.6 is 11.6 Å². The zero-order valence-electron chi connectivity index (χ0n) is 27.1. The molecule has 10 heteroatoms. The van der Waals surface area contributed by atoms with Gasteiger partial charge in [0.1, 0.15) is 12.4 Å². The maximum Gasteiger partial charge on any atom is 0.264 e. The summed E-state index contributed by atoms with van der Waals surface area (Å²) < 4.78 is 41.3. The summed E-state index contributed by atoms with van der Waals surface area (Å²) in [6, 6.07) is 11.3. The standard InChI is InChI=1S/C36H48ClN3O5S/c1-25-6-5-8-29(22-39-16-18-44-19-17-39)33-13-10-30(33)23-40-15-4-3-7-27-20-32(37)12-9-31(27)24-45-35-14-11-28(21-34(35)40)36(41)38-46(42,43)26(25)2/h5,8-9,11-12,14,20-21,25-26,29-30,33H,3-4,6-7,10,13,15-19,22-24H2,1-2H3,(H,38,41)/b8-5+/t25-,26+,29-,30-,33-/m0/s1. The first-order chi connectivity index (χ1) is 22.2. The number of halogens is 1. The predicted molar refractivity (Wildman–Crippen MR) is 183 cm³/mol. The van der Waals surface area contributed by atoms with E-state index in [4.69, 9.17) is 21.1 Å². The fourth-order valence-corrected chi connectivity index (χ4v) is 8.89. The Balaban J connectivity index is 1.36. The number of hydrogen-bond donors (Lipinski definition) is 1. The molecule has 2 aromatic carbocycles. The number of allylic oxidation sites excluding steroid dienone is 1. The Kier molecular flexibility index (Phi) is 10.6. The molecular weight excluding hydrogens is 622 g/mol. The molecule has 6 rings (SSSR count). The van der Waals surface area contributed by atoms with Crippen molar-refractivity contribution in [2.24, 2.45) is 23.7 Å². The molecule has 1 saturated heterocycles. The third kappa shape index (κ3) is 7.75. The van der Waals surface area contributed by atoms with E-state index in [9.17, 15) is 13.2 Å². The third-order valence-electron chi connectivity index (χ3n) is 10.7. The zero-order chi connectivity index (χ0) is 32.3. The normalized spacial score (nSPS) is 29.9. The fourth-order valence-electron chi connectivity index (χ4n) is 7.42. The smallest absolute Gasteiger partial charge is 0.264 e. The number of anilines is 1. The van der Waals surface area contributed by atoms with Crippen molar-refractivity contribution in [1.29, 1.82) is 0 Å². The molecule has 0 unspecified atom stereocenters. The van der Waals surface area contributed by atoms with Crippen molar-refractivity contribution in [2.45, 2.75) is 64.2 Å². The number of benzene rings is 2. The van der Waals surface area contributed by atoms with Crippen LogP contribution in [0.3, 0.4) is 0 Å². The van der Waals surface area contributed by atoms with Crippen molar-refractivity contribution < 1.29 is 22.7 Å². The molecule has 0 radical (unpaired) electrons. The molecule has 2 bridgehead atoms. The van der Waals surface area contributed by atoms with Gasteiger partial charge in [0.05, 0.1) is 24.2 Å². The van der Waals surface area contributed by atoms with Crippen LogP contribution in [0.15, 0.2) is 48.6 Å². The molecule has 1 N–H and O–H groups in total. The number of rotatable bonds is 2. The molecule has 1 amide bonds. The van der Waals surface area contributed by atoms with Crippen LogP contribution in [-0.4, -0.2) is 70.4 Å². The highest BCUT2D eigenvalue weighted by molar-refractivity contribution is 7.90. The van der Waals surface area contributed by atoms with Crippen molar-refractivity contribution in [3.05, 3.63) is 70.3 Å². The molecule has 3 aliphatic heterocycles. The zero-order valence-corrected chi connectivity index (χ0v) is 28.7. The van der Waals surface area contributed by atoms with E-state index < -0.39 is 21.2 Å². The maximum absolute atomic E-state index is 13.5. The first kappa shape index (κ1) is 33.3. The maximum atomic E-state index is 13.5. The monoisotopic (exact) mass is 669 g/mol. The fraction of sp³-hybridized carbons (Fsp3) is 0.583. The summed E-state index contributed by atoms with van der Waals surface area (Å²) in [5.74, 6) is 1.37. The number of carbonyl (C=O) groups excluding carboxylic acids is 1. The summed E-state index contributed by atoms with van der Waals surface area (Å²) in [7, 11) is -3.89. The molecule has 8 nitrogen and oxygen atoms in total. The summed E-state index contributed by atoms with van der Waals surface area (Å²) in [4.78, 5) is 18.4. The van der Waals surface area contributed by atoms with Gasteiger partial charge in [-0.1, -0.05) is 36.7 Å². The largest absolute Gasteiger partial charge is 0.487 e. The minimum Gasteiger partial charge on any atom is -0.487 e. The summed E-state index contributed by atoms with van der Waals surface area (Å²) in [5.41, 5.74) is 3.47. The number of aryl methyl sites for hydroxylation is 1. The van der Waals surface area contributed by atoms with E-state index in [0.29, 0.717) is 42.1 Å². The van der Waals surface area contributed by atoms with Crippen molar-refractivity contribution in [3.8, 4) is 5.75 Å². The number of morpholine rings is 1. The molecule has 46 heavy (non-hydrogen) atoms. The summed E-state index contributed by atoms with van der Waals surface area (Å²) in [6.07, 6.45) is 10.4. The van der Waals surface area contributed by atoms with Crippen LogP contribution in [0.25, 0.3) is 0 Å². The molecule has 2 aromatic rings. The number of hydrogen-bond acceptors (Lipinski definition) is 7. The van der Waals surface area contributed by atoms with E-state index in [0.717, 1.165) is 81.5 Å². The van der Waals surface area contributed by atoms with Crippen LogP contribution in [0.2, 0.25) is 5.02 Å². The second kappa shape index (κ2) is 14.7. The third-order valence-corrected chi connectivity index (χ3v) is 12.9. The highest BCUT2D eigenvalue weighted by Gasteiger charge is 2.38. The Hall–Kier alpha value is -2.59. The quantitative estimate of drug-likeness (QED) is 0.388. The van der Waals surface area contributed by atoms with Crippen LogP contribution in [0.5, 0.6) is 5.75 Å². The molecule has 0 spiro atoms. The van der Waals surface area contributed by atoms with E-state index in [-0.39, 0.29) is 5.92 Å². The Bertz CT molecular complexity index is 1530. The number of nitrogens with zero attached hydrogens (tertiary/aromatic N) is 2. The van der Waals surface area contributed by atoms with Gasteiger partial charge < -0.3 is 14.4 Å². The SMILES string of the molecule is C[C@@H]1[C@@H](C)C/C=C/[C@@H](CN2CCOCC2)[C@@H]2CC[C@H]2CN2CCCCc3cc(Cl)ccc3COc3ccc(cc32)C(=O)NS1(=O)=O. The van der Waals surface area contributed by atoms with Gasteiger partial charge in [-0.2, -0.15) is 0 Å². The lowest BCUT2D eigenvalue weighted by molar-refractivity contribution is 0.0191. The van der Waals surface area contributed by atoms with Gasteiger partial charge in [-0.15, -0.1) is 0 Å². The lowest BCUT2D eigenvalue weighted by Crippen LogP contribution is -2.46. The van der Waals surface area contributed by atoms with E-state index in [1.54, 1.807) is 13.0 Å². The van der Waals surface area contributed by atoms with Gasteiger partial charge in [0.25, 0.3) is 5.91 Å². The van der Waals surface area contributed by atoms with E-state index >= 15 is 0 Å². The Labute approximate surface area is 279 Å².